The van der Waals surface area contributed by atoms with Crippen LogP contribution in [0.15, 0.2) is 42.7 Å². The van der Waals surface area contributed by atoms with Crippen molar-refractivity contribution in [2.75, 3.05) is 33.2 Å². The summed E-state index contributed by atoms with van der Waals surface area (Å²) in [6.45, 7) is 17.4. The summed E-state index contributed by atoms with van der Waals surface area (Å²) in [5.41, 5.74) is 2.27. The van der Waals surface area contributed by atoms with Crippen molar-refractivity contribution in [1.29, 1.82) is 0 Å². The van der Waals surface area contributed by atoms with Crippen LogP contribution in [0, 0.1) is 0 Å². The molecule has 0 aliphatic carbocycles. The number of aromatic nitrogens is 2. The molecule has 2 fully saturated rings. The quantitative estimate of drug-likeness (QED) is 0.583. The van der Waals surface area contributed by atoms with Gasteiger partial charge in [-0.1, -0.05) is 60.1 Å². The maximum Gasteiger partial charge on any atom is 0.213 e. The van der Waals surface area contributed by atoms with Gasteiger partial charge in [0.15, 0.2) is 0 Å². The molecule has 2 aromatic heterocycles. The smallest absolute Gasteiger partial charge is 0.213 e. The third-order valence-corrected chi connectivity index (χ3v) is 5.27. The average molecular weight is 473 g/mol. The lowest BCUT2D eigenvalue weighted by Crippen LogP contribution is -2.20. The van der Waals surface area contributed by atoms with Crippen molar-refractivity contribution in [2.45, 2.75) is 85.5 Å². The van der Waals surface area contributed by atoms with E-state index in [1.807, 2.05) is 44.3 Å². The summed E-state index contributed by atoms with van der Waals surface area (Å²) < 4.78 is 11.5. The van der Waals surface area contributed by atoms with Gasteiger partial charge >= 0.3 is 0 Å². The highest BCUT2D eigenvalue weighted by molar-refractivity contribution is 5.20. The second kappa shape index (κ2) is 18.3. The highest BCUT2D eigenvalue weighted by Crippen LogP contribution is 2.17. The van der Waals surface area contributed by atoms with Crippen LogP contribution in [0.25, 0.3) is 0 Å². The zero-order valence-corrected chi connectivity index (χ0v) is 22.6. The summed E-state index contributed by atoms with van der Waals surface area (Å²) in [5.74, 6) is 1.27. The molecule has 0 amide bonds. The van der Waals surface area contributed by atoms with Crippen LogP contribution in [0.1, 0.15) is 78.0 Å². The summed E-state index contributed by atoms with van der Waals surface area (Å²) in [6.07, 6.45) is 7.86. The molecule has 2 aliphatic rings. The molecule has 6 nitrogen and oxygen atoms in total. The SMILES string of the molecule is CC.CC(C)c1ccc(OC2CCNC2)nc1.CCC.CN1CCC(OCc2ccccn2)C1. The van der Waals surface area contributed by atoms with Crippen molar-refractivity contribution in [2.24, 2.45) is 0 Å². The zero-order chi connectivity index (χ0) is 25.2. The Hall–Kier alpha value is -2.02. The lowest BCUT2D eigenvalue weighted by atomic mass is 10.1. The van der Waals surface area contributed by atoms with Crippen molar-refractivity contribution in [3.05, 3.63) is 54.0 Å². The molecule has 6 heteroatoms. The number of likely N-dealkylation sites (N-methyl/N-ethyl adjacent to an activating group) is 1. The van der Waals surface area contributed by atoms with E-state index in [-0.39, 0.29) is 0 Å². The Morgan fingerprint density at radius 3 is 2.32 bits per heavy atom. The Labute approximate surface area is 208 Å². The van der Waals surface area contributed by atoms with E-state index in [9.17, 15) is 0 Å². The van der Waals surface area contributed by atoms with E-state index in [2.05, 4.69) is 61.0 Å². The molecule has 1 N–H and O–H groups in total. The first kappa shape index (κ1) is 30.0. The Balaban J connectivity index is 0.000000287. The molecule has 0 aromatic carbocycles. The predicted octanol–water partition coefficient (Wildman–Crippen LogP) is 5.69. The van der Waals surface area contributed by atoms with Crippen LogP contribution in [-0.2, 0) is 11.3 Å². The Morgan fingerprint density at radius 1 is 1.06 bits per heavy atom. The van der Waals surface area contributed by atoms with Gasteiger partial charge < -0.3 is 19.7 Å². The van der Waals surface area contributed by atoms with Gasteiger partial charge in [0.05, 0.1) is 18.4 Å². The van der Waals surface area contributed by atoms with Gasteiger partial charge in [0.2, 0.25) is 5.88 Å². The second-order valence-electron chi connectivity index (χ2n) is 8.83. The van der Waals surface area contributed by atoms with Gasteiger partial charge in [0.25, 0.3) is 0 Å². The fraction of sp³-hybridized carbons (Fsp3) is 0.643. The molecular weight excluding hydrogens is 424 g/mol. The van der Waals surface area contributed by atoms with Gasteiger partial charge in [-0.25, -0.2) is 4.98 Å². The molecule has 34 heavy (non-hydrogen) atoms. The zero-order valence-electron chi connectivity index (χ0n) is 22.6. The summed E-state index contributed by atoms with van der Waals surface area (Å²) in [5, 5.41) is 3.27. The maximum absolute atomic E-state index is 5.76. The van der Waals surface area contributed by atoms with E-state index >= 15 is 0 Å². The van der Waals surface area contributed by atoms with Gasteiger partial charge in [-0.05, 0) is 50.0 Å². The fourth-order valence-corrected chi connectivity index (χ4v) is 3.42. The number of hydrogen-bond acceptors (Lipinski definition) is 6. The summed E-state index contributed by atoms with van der Waals surface area (Å²) in [6, 6.07) is 9.97. The van der Waals surface area contributed by atoms with Gasteiger partial charge in [-0.15, -0.1) is 0 Å². The summed E-state index contributed by atoms with van der Waals surface area (Å²) in [7, 11) is 2.13. The highest BCUT2D eigenvalue weighted by atomic mass is 16.5. The molecule has 2 atom stereocenters. The van der Waals surface area contributed by atoms with Crippen molar-refractivity contribution >= 4 is 0 Å². The first-order chi connectivity index (χ1) is 16.5. The lowest BCUT2D eigenvalue weighted by Gasteiger charge is -2.12. The number of nitrogens with zero attached hydrogens (tertiary/aromatic N) is 3. The molecule has 0 saturated carbocycles. The number of rotatable bonds is 6. The minimum atomic E-state index is 0.294. The number of likely N-dealkylation sites (tertiary alicyclic amines) is 1. The van der Waals surface area contributed by atoms with E-state index in [0.717, 1.165) is 50.6 Å². The molecular formula is C28H48N4O2. The summed E-state index contributed by atoms with van der Waals surface area (Å²) in [4.78, 5) is 10.8. The molecule has 2 aliphatic heterocycles. The molecule has 2 saturated heterocycles. The molecule has 2 aromatic rings. The maximum atomic E-state index is 5.76. The molecule has 4 rings (SSSR count). The average Bonchev–Trinajstić information content (AvgIpc) is 3.53. The number of ether oxygens (including phenoxy) is 2. The van der Waals surface area contributed by atoms with Crippen LogP contribution in [0.3, 0.4) is 0 Å². The number of pyridine rings is 2. The van der Waals surface area contributed by atoms with Crippen molar-refractivity contribution in [3.63, 3.8) is 0 Å². The number of nitrogens with one attached hydrogen (secondary N) is 1. The van der Waals surface area contributed by atoms with Gasteiger partial charge in [0, 0.05) is 38.1 Å². The highest BCUT2D eigenvalue weighted by Gasteiger charge is 2.19. The first-order valence-electron chi connectivity index (χ1n) is 13.0. The van der Waals surface area contributed by atoms with E-state index in [4.69, 9.17) is 9.47 Å². The fourth-order valence-electron chi connectivity index (χ4n) is 3.42. The molecule has 2 unspecified atom stereocenters. The Morgan fingerprint density at radius 2 is 1.82 bits per heavy atom. The minimum absolute atomic E-state index is 0.294. The topological polar surface area (TPSA) is 59.5 Å². The summed E-state index contributed by atoms with van der Waals surface area (Å²) >= 11 is 0. The molecule has 0 bridgehead atoms. The lowest BCUT2D eigenvalue weighted by molar-refractivity contribution is 0.0464. The van der Waals surface area contributed by atoms with Crippen molar-refractivity contribution in [3.8, 4) is 5.88 Å². The predicted molar refractivity (Wildman–Crippen MR) is 142 cm³/mol. The third-order valence-electron chi connectivity index (χ3n) is 5.27. The van der Waals surface area contributed by atoms with Crippen LogP contribution in [-0.4, -0.2) is 60.3 Å². The standard InChI is InChI=1S/C12H18N2O.C11H16N2O.C3H8.C2H6/c1-9(2)10-3-4-12(14-7-10)15-11-5-6-13-8-11;1-13-7-5-11(8-13)14-9-10-4-2-3-6-12-10;1-3-2;1-2/h3-4,7,9,11,13H,5-6,8H2,1-2H3;2-4,6,11H,5,7-9H2,1H3;3H2,1-2H3;1-2H3. The van der Waals surface area contributed by atoms with E-state index in [0.29, 0.717) is 24.7 Å². The van der Waals surface area contributed by atoms with Crippen LogP contribution in [0.4, 0.5) is 0 Å². The first-order valence-corrected chi connectivity index (χ1v) is 13.0. The molecule has 0 spiro atoms. The second-order valence-corrected chi connectivity index (χ2v) is 8.83. The minimum Gasteiger partial charge on any atom is -0.473 e. The van der Waals surface area contributed by atoms with Gasteiger partial charge in [0.1, 0.15) is 6.10 Å². The van der Waals surface area contributed by atoms with Crippen LogP contribution < -0.4 is 10.1 Å². The van der Waals surface area contributed by atoms with E-state index in [1.165, 1.54) is 12.0 Å². The van der Waals surface area contributed by atoms with Crippen LogP contribution in [0.5, 0.6) is 5.88 Å². The normalized spacial score (nSPS) is 19.3. The largest absolute Gasteiger partial charge is 0.473 e. The van der Waals surface area contributed by atoms with Gasteiger partial charge in [-0.3, -0.25) is 4.98 Å². The molecule has 192 valence electrons. The Bertz CT molecular complexity index is 719. The molecule has 0 radical (unpaired) electrons. The molecule has 4 heterocycles. The van der Waals surface area contributed by atoms with Crippen LogP contribution >= 0.6 is 0 Å². The third kappa shape index (κ3) is 12.4. The van der Waals surface area contributed by atoms with E-state index < -0.39 is 0 Å². The number of hydrogen-bond donors (Lipinski definition) is 1. The van der Waals surface area contributed by atoms with Crippen LogP contribution in [0.2, 0.25) is 0 Å². The van der Waals surface area contributed by atoms with E-state index in [1.54, 1.807) is 6.20 Å². The van der Waals surface area contributed by atoms with Gasteiger partial charge in [-0.2, -0.15) is 0 Å². The van der Waals surface area contributed by atoms with Crippen molar-refractivity contribution < 1.29 is 9.47 Å². The van der Waals surface area contributed by atoms with Crippen molar-refractivity contribution in [1.82, 2.24) is 20.2 Å². The monoisotopic (exact) mass is 472 g/mol. The Kier molecular flexibility index (Phi) is 16.2.